The molecule has 0 fully saturated rings. The lowest BCUT2D eigenvalue weighted by Gasteiger charge is -2.04. The van der Waals surface area contributed by atoms with Crippen molar-refractivity contribution in [1.82, 2.24) is 4.98 Å². The molecule has 0 radical (unpaired) electrons. The monoisotopic (exact) mass is 378 g/mol. The lowest BCUT2D eigenvalue weighted by atomic mass is 10.2. The van der Waals surface area contributed by atoms with Gasteiger partial charge in [0.25, 0.3) is 5.91 Å². The number of carbonyl (C=O) groups excluding carboxylic acids is 1. The Labute approximate surface area is 153 Å². The summed E-state index contributed by atoms with van der Waals surface area (Å²) in [5.41, 5.74) is 2.02. The van der Waals surface area contributed by atoms with Crippen molar-refractivity contribution in [2.24, 2.45) is 0 Å². The fourth-order valence-electron chi connectivity index (χ4n) is 2.08. The van der Waals surface area contributed by atoms with Crippen molar-refractivity contribution in [2.45, 2.75) is 0 Å². The minimum absolute atomic E-state index is 0.296. The van der Waals surface area contributed by atoms with Gasteiger partial charge in [-0.2, -0.15) is 0 Å². The fraction of sp³-hybridized carbons (Fsp3) is 0.0588. The highest BCUT2D eigenvalue weighted by Crippen LogP contribution is 2.28. The number of benzene rings is 2. The van der Waals surface area contributed by atoms with Crippen LogP contribution in [0.15, 0.2) is 47.8 Å². The number of halogens is 2. The summed E-state index contributed by atoms with van der Waals surface area (Å²) in [5, 5.41) is 5.88. The van der Waals surface area contributed by atoms with Crippen LogP contribution >= 0.6 is 34.5 Å². The molecule has 1 aromatic heterocycles. The molecular weight excluding hydrogens is 367 g/mol. The second-order valence-corrected chi connectivity index (χ2v) is 6.55. The van der Waals surface area contributed by atoms with Crippen LogP contribution in [0.5, 0.6) is 5.75 Å². The van der Waals surface area contributed by atoms with Gasteiger partial charge in [-0.05, 0) is 30.3 Å². The Balaban J connectivity index is 1.79. The maximum atomic E-state index is 12.3. The number of aromatic nitrogens is 1. The second kappa shape index (κ2) is 7.21. The molecule has 0 aliphatic carbocycles. The number of nitrogens with zero attached hydrogens (tertiary/aromatic N) is 1. The Bertz CT molecular complexity index is 896. The molecule has 1 heterocycles. The fourth-order valence-corrected chi connectivity index (χ4v) is 3.29. The van der Waals surface area contributed by atoms with Crippen LogP contribution < -0.4 is 10.1 Å². The third-order valence-corrected chi connectivity index (χ3v) is 4.57. The van der Waals surface area contributed by atoms with Crippen LogP contribution in [0.1, 0.15) is 10.4 Å². The highest BCUT2D eigenvalue weighted by atomic mass is 35.5. The van der Waals surface area contributed by atoms with Gasteiger partial charge in [-0.15, -0.1) is 11.3 Å². The van der Waals surface area contributed by atoms with Gasteiger partial charge in [0.15, 0.2) is 5.13 Å². The van der Waals surface area contributed by atoms with Crippen molar-refractivity contribution in [1.29, 1.82) is 0 Å². The molecule has 0 saturated carbocycles. The lowest BCUT2D eigenvalue weighted by Crippen LogP contribution is -2.12. The predicted octanol–water partition coefficient (Wildman–Crippen LogP) is 5.38. The first-order chi connectivity index (χ1) is 11.6. The zero-order valence-electron chi connectivity index (χ0n) is 12.5. The molecule has 0 unspecified atom stereocenters. The summed E-state index contributed by atoms with van der Waals surface area (Å²) in [6, 6.07) is 12.3. The van der Waals surface area contributed by atoms with Crippen LogP contribution in [0.2, 0.25) is 10.0 Å². The molecule has 0 saturated heterocycles. The Kier molecular flexibility index (Phi) is 5.04. The molecule has 0 atom stereocenters. The third kappa shape index (κ3) is 3.70. The third-order valence-electron chi connectivity index (χ3n) is 3.27. The maximum absolute atomic E-state index is 12.3. The predicted molar refractivity (Wildman–Crippen MR) is 98.5 cm³/mol. The van der Waals surface area contributed by atoms with Crippen LogP contribution in [0.4, 0.5) is 5.13 Å². The van der Waals surface area contributed by atoms with Crippen LogP contribution in [0, 0.1) is 0 Å². The SMILES string of the molecule is COc1cccc(-c2csc(NC(=O)c3ccc(Cl)cc3Cl)n2)c1. The van der Waals surface area contributed by atoms with Gasteiger partial charge in [-0.3, -0.25) is 10.1 Å². The van der Waals surface area contributed by atoms with Crippen molar-refractivity contribution in [3.05, 3.63) is 63.5 Å². The molecule has 0 spiro atoms. The van der Waals surface area contributed by atoms with Crippen LogP contribution in [0.25, 0.3) is 11.3 Å². The Morgan fingerprint density at radius 3 is 2.79 bits per heavy atom. The number of carbonyl (C=O) groups is 1. The minimum Gasteiger partial charge on any atom is -0.497 e. The van der Waals surface area contributed by atoms with Crippen LogP contribution in [-0.4, -0.2) is 18.0 Å². The number of methoxy groups -OCH3 is 1. The number of rotatable bonds is 4. The zero-order chi connectivity index (χ0) is 17.1. The quantitative estimate of drug-likeness (QED) is 0.662. The number of nitrogens with one attached hydrogen (secondary N) is 1. The van der Waals surface area contributed by atoms with E-state index in [9.17, 15) is 4.79 Å². The summed E-state index contributed by atoms with van der Waals surface area (Å²) in [7, 11) is 1.61. The standard InChI is InChI=1S/C17H12Cl2N2O2S/c1-23-12-4-2-3-10(7-12)15-9-24-17(20-15)21-16(22)13-6-5-11(18)8-14(13)19/h2-9H,1H3,(H,20,21,22). The highest BCUT2D eigenvalue weighted by Gasteiger charge is 2.13. The molecule has 1 amide bonds. The molecule has 0 bridgehead atoms. The van der Waals surface area contributed by atoms with Crippen molar-refractivity contribution in [3.8, 4) is 17.0 Å². The first-order valence-corrected chi connectivity index (χ1v) is 8.57. The summed E-state index contributed by atoms with van der Waals surface area (Å²) in [6.45, 7) is 0. The van der Waals surface area contributed by atoms with E-state index < -0.39 is 0 Å². The van der Waals surface area contributed by atoms with E-state index >= 15 is 0 Å². The first kappa shape index (κ1) is 16.8. The molecule has 4 nitrogen and oxygen atoms in total. The van der Waals surface area contributed by atoms with E-state index in [1.54, 1.807) is 19.2 Å². The van der Waals surface area contributed by atoms with Crippen molar-refractivity contribution >= 4 is 45.6 Å². The van der Waals surface area contributed by atoms with Gasteiger partial charge in [0.2, 0.25) is 0 Å². The van der Waals surface area contributed by atoms with Crippen molar-refractivity contribution in [2.75, 3.05) is 12.4 Å². The molecule has 7 heteroatoms. The Morgan fingerprint density at radius 2 is 2.04 bits per heavy atom. The molecule has 0 aliphatic rings. The van der Waals surface area contributed by atoms with Crippen molar-refractivity contribution in [3.63, 3.8) is 0 Å². The Morgan fingerprint density at radius 1 is 1.21 bits per heavy atom. The van der Waals surface area contributed by atoms with Gasteiger partial charge < -0.3 is 4.74 Å². The largest absolute Gasteiger partial charge is 0.497 e. The summed E-state index contributed by atoms with van der Waals surface area (Å²) in [5.74, 6) is 0.419. The number of hydrogen-bond acceptors (Lipinski definition) is 4. The van der Waals surface area contributed by atoms with E-state index in [-0.39, 0.29) is 5.91 Å². The molecule has 24 heavy (non-hydrogen) atoms. The summed E-state index contributed by atoms with van der Waals surface area (Å²) < 4.78 is 5.21. The van der Waals surface area contributed by atoms with E-state index in [1.165, 1.54) is 17.4 Å². The molecule has 3 rings (SSSR count). The maximum Gasteiger partial charge on any atom is 0.258 e. The van der Waals surface area contributed by atoms with Gasteiger partial charge in [0, 0.05) is 16.0 Å². The molecular formula is C17H12Cl2N2O2S. The van der Waals surface area contributed by atoms with Crippen molar-refractivity contribution < 1.29 is 9.53 Å². The molecule has 3 aromatic rings. The Hall–Kier alpha value is -2.08. The first-order valence-electron chi connectivity index (χ1n) is 6.93. The summed E-state index contributed by atoms with van der Waals surface area (Å²) in [4.78, 5) is 16.7. The average molecular weight is 379 g/mol. The number of anilines is 1. The topological polar surface area (TPSA) is 51.2 Å². The smallest absolute Gasteiger partial charge is 0.258 e. The zero-order valence-corrected chi connectivity index (χ0v) is 14.9. The summed E-state index contributed by atoms with van der Waals surface area (Å²) >= 11 is 13.2. The van der Waals surface area contributed by atoms with Gasteiger partial charge in [0.05, 0.1) is 23.4 Å². The second-order valence-electron chi connectivity index (χ2n) is 4.85. The van der Waals surface area contributed by atoms with E-state index in [1.807, 2.05) is 29.6 Å². The highest BCUT2D eigenvalue weighted by molar-refractivity contribution is 7.14. The molecule has 122 valence electrons. The van der Waals surface area contributed by atoms with Gasteiger partial charge >= 0.3 is 0 Å². The molecule has 1 N–H and O–H groups in total. The van der Waals surface area contributed by atoms with Crippen LogP contribution in [0.3, 0.4) is 0 Å². The average Bonchev–Trinajstić information content (AvgIpc) is 3.03. The number of ether oxygens (including phenoxy) is 1. The number of amides is 1. The van der Waals surface area contributed by atoms with E-state index in [0.717, 1.165) is 17.0 Å². The van der Waals surface area contributed by atoms with E-state index in [2.05, 4.69) is 10.3 Å². The molecule has 2 aromatic carbocycles. The normalized spacial score (nSPS) is 10.5. The van der Waals surface area contributed by atoms with Crippen LogP contribution in [-0.2, 0) is 0 Å². The minimum atomic E-state index is -0.330. The number of thiazole rings is 1. The van der Waals surface area contributed by atoms with Gasteiger partial charge in [0.1, 0.15) is 5.75 Å². The van der Waals surface area contributed by atoms with Gasteiger partial charge in [-0.1, -0.05) is 35.3 Å². The van der Waals surface area contributed by atoms with E-state index in [4.69, 9.17) is 27.9 Å². The van der Waals surface area contributed by atoms with Gasteiger partial charge in [-0.25, -0.2) is 4.98 Å². The van der Waals surface area contributed by atoms with E-state index in [0.29, 0.717) is 20.7 Å². The lowest BCUT2D eigenvalue weighted by molar-refractivity contribution is 0.102. The molecule has 0 aliphatic heterocycles. The summed E-state index contributed by atoms with van der Waals surface area (Å²) in [6.07, 6.45) is 0. The number of hydrogen-bond donors (Lipinski definition) is 1.